The van der Waals surface area contributed by atoms with Crippen LogP contribution in [0.2, 0.25) is 0 Å². The first kappa shape index (κ1) is 12.5. The maximum Gasteiger partial charge on any atom is 0.338 e. The number of methoxy groups -OCH3 is 1. The molecule has 1 saturated heterocycles. The zero-order valence-corrected chi connectivity index (χ0v) is 11.7. The van der Waals surface area contributed by atoms with E-state index in [1.807, 2.05) is 22.4 Å². The normalized spacial score (nSPS) is 18.9. The highest BCUT2D eigenvalue weighted by Crippen LogP contribution is 2.28. The maximum atomic E-state index is 11.5. The highest BCUT2D eigenvalue weighted by molar-refractivity contribution is 8.00. The second kappa shape index (κ2) is 5.25. The van der Waals surface area contributed by atoms with Crippen molar-refractivity contribution in [2.45, 2.75) is 24.5 Å². The summed E-state index contributed by atoms with van der Waals surface area (Å²) in [6, 6.07) is 3.53. The fraction of sp³-hybridized carbons (Fsp3) is 0.429. The van der Waals surface area contributed by atoms with E-state index >= 15 is 0 Å². The summed E-state index contributed by atoms with van der Waals surface area (Å²) < 4.78 is 6.68. The number of thioether (sulfide) groups is 1. The minimum Gasteiger partial charge on any atom is -0.465 e. The number of esters is 1. The fourth-order valence-electron chi connectivity index (χ4n) is 2.42. The number of nitrogens with zero attached hydrogens (tertiary/aromatic N) is 2. The van der Waals surface area contributed by atoms with E-state index in [9.17, 15) is 4.79 Å². The number of carbonyl (C=O) groups is 1. The molecular formula is C14H16N2O2S. The van der Waals surface area contributed by atoms with Crippen LogP contribution in [0.3, 0.4) is 0 Å². The van der Waals surface area contributed by atoms with E-state index in [0.29, 0.717) is 10.8 Å². The van der Waals surface area contributed by atoms with Crippen molar-refractivity contribution in [2.24, 2.45) is 0 Å². The van der Waals surface area contributed by atoms with Crippen molar-refractivity contribution in [3.05, 3.63) is 35.8 Å². The molecular weight excluding hydrogens is 260 g/mol. The molecule has 3 heterocycles. The van der Waals surface area contributed by atoms with Crippen LogP contribution < -0.4 is 0 Å². The van der Waals surface area contributed by atoms with Crippen LogP contribution in [-0.2, 0) is 11.2 Å². The molecule has 0 spiro atoms. The minimum atomic E-state index is -0.321. The molecule has 2 aromatic heterocycles. The number of ether oxygens (including phenoxy) is 1. The van der Waals surface area contributed by atoms with Gasteiger partial charge in [0.15, 0.2) is 0 Å². The number of hydrogen-bond donors (Lipinski definition) is 0. The van der Waals surface area contributed by atoms with Crippen LogP contribution in [0.4, 0.5) is 0 Å². The Hall–Kier alpha value is -1.49. The largest absolute Gasteiger partial charge is 0.465 e. The predicted octanol–water partition coefficient (Wildman–Crippen LogP) is 2.56. The van der Waals surface area contributed by atoms with Gasteiger partial charge in [0.2, 0.25) is 0 Å². The Morgan fingerprint density at radius 1 is 1.63 bits per heavy atom. The van der Waals surface area contributed by atoms with E-state index in [4.69, 9.17) is 4.74 Å². The molecule has 4 nitrogen and oxygen atoms in total. The Morgan fingerprint density at radius 3 is 3.26 bits per heavy atom. The number of rotatable bonds is 3. The lowest BCUT2D eigenvalue weighted by atomic mass is 10.2. The molecule has 1 aliphatic rings. The Bertz CT molecular complexity index is 603. The highest BCUT2D eigenvalue weighted by Gasteiger charge is 2.17. The minimum absolute atomic E-state index is 0.321. The lowest BCUT2D eigenvalue weighted by Gasteiger charge is -2.03. The molecule has 0 radical (unpaired) electrons. The van der Waals surface area contributed by atoms with Gasteiger partial charge >= 0.3 is 5.97 Å². The van der Waals surface area contributed by atoms with Crippen molar-refractivity contribution in [3.8, 4) is 0 Å². The summed E-state index contributed by atoms with van der Waals surface area (Å²) in [7, 11) is 1.39. The van der Waals surface area contributed by atoms with E-state index in [1.165, 1.54) is 25.7 Å². The van der Waals surface area contributed by atoms with Crippen LogP contribution in [0.25, 0.3) is 5.65 Å². The number of carbonyl (C=O) groups excluding carboxylic acids is 1. The quantitative estimate of drug-likeness (QED) is 0.808. The molecule has 1 unspecified atom stereocenters. The van der Waals surface area contributed by atoms with Crippen LogP contribution in [0, 0.1) is 0 Å². The third kappa shape index (κ3) is 2.61. The Labute approximate surface area is 116 Å². The summed E-state index contributed by atoms with van der Waals surface area (Å²) in [4.78, 5) is 16.1. The molecule has 0 N–H and O–H groups in total. The average molecular weight is 276 g/mol. The lowest BCUT2D eigenvalue weighted by Crippen LogP contribution is -2.01. The summed E-state index contributed by atoms with van der Waals surface area (Å²) in [6.45, 7) is 0. The number of imidazole rings is 1. The van der Waals surface area contributed by atoms with Crippen molar-refractivity contribution in [1.82, 2.24) is 9.38 Å². The third-order valence-corrected chi connectivity index (χ3v) is 4.79. The molecule has 1 fully saturated rings. The Kier molecular flexibility index (Phi) is 3.46. The topological polar surface area (TPSA) is 43.6 Å². The number of fused-ring (bicyclic) bond motifs is 1. The zero-order chi connectivity index (χ0) is 13.2. The first-order valence-electron chi connectivity index (χ1n) is 6.44. The van der Waals surface area contributed by atoms with Crippen LogP contribution >= 0.6 is 11.8 Å². The van der Waals surface area contributed by atoms with Crippen LogP contribution in [0.5, 0.6) is 0 Å². The molecule has 5 heteroatoms. The van der Waals surface area contributed by atoms with Crippen molar-refractivity contribution in [2.75, 3.05) is 12.9 Å². The van der Waals surface area contributed by atoms with Gasteiger partial charge in [-0.15, -0.1) is 0 Å². The van der Waals surface area contributed by atoms with E-state index in [1.54, 1.807) is 12.1 Å². The fourth-order valence-corrected chi connectivity index (χ4v) is 3.70. The van der Waals surface area contributed by atoms with Crippen LogP contribution in [0.1, 0.15) is 28.9 Å². The summed E-state index contributed by atoms with van der Waals surface area (Å²) in [5.41, 5.74) is 2.45. The van der Waals surface area contributed by atoms with Crippen molar-refractivity contribution < 1.29 is 9.53 Å². The van der Waals surface area contributed by atoms with Gasteiger partial charge in [0.05, 0.1) is 18.4 Å². The molecule has 0 amide bonds. The van der Waals surface area contributed by atoms with Gasteiger partial charge in [-0.25, -0.2) is 9.78 Å². The van der Waals surface area contributed by atoms with Crippen LogP contribution in [-0.4, -0.2) is 33.5 Å². The van der Waals surface area contributed by atoms with E-state index in [-0.39, 0.29) is 5.97 Å². The van der Waals surface area contributed by atoms with Crippen molar-refractivity contribution in [3.63, 3.8) is 0 Å². The summed E-state index contributed by atoms with van der Waals surface area (Å²) in [6.07, 6.45) is 7.52. The van der Waals surface area contributed by atoms with Gasteiger partial charge in [0, 0.05) is 24.1 Å². The van der Waals surface area contributed by atoms with Gasteiger partial charge in [-0.3, -0.25) is 0 Å². The molecule has 1 atom stereocenters. The molecule has 100 valence electrons. The molecule has 19 heavy (non-hydrogen) atoms. The van der Waals surface area contributed by atoms with Gasteiger partial charge in [-0.05, 0) is 30.7 Å². The Balaban J connectivity index is 1.85. The molecule has 0 saturated carbocycles. The van der Waals surface area contributed by atoms with Gasteiger partial charge < -0.3 is 9.14 Å². The average Bonchev–Trinajstić information content (AvgIpc) is 3.05. The lowest BCUT2D eigenvalue weighted by molar-refractivity contribution is 0.0600. The second-order valence-corrected chi connectivity index (χ2v) is 6.15. The Morgan fingerprint density at radius 2 is 2.53 bits per heavy atom. The van der Waals surface area contributed by atoms with E-state index < -0.39 is 0 Å². The molecule has 1 aliphatic heterocycles. The van der Waals surface area contributed by atoms with Crippen LogP contribution in [0.15, 0.2) is 24.5 Å². The maximum absolute atomic E-state index is 11.5. The molecule has 0 bridgehead atoms. The first-order chi connectivity index (χ1) is 9.26. The molecule has 3 rings (SSSR count). The first-order valence-corrected chi connectivity index (χ1v) is 7.48. The number of hydrogen-bond acceptors (Lipinski definition) is 4. The smallest absolute Gasteiger partial charge is 0.338 e. The SMILES string of the molecule is COC(=O)c1ccn2cc(CC3CCCS3)nc2c1. The summed E-state index contributed by atoms with van der Waals surface area (Å²) in [5.74, 6) is 0.947. The molecule has 2 aromatic rings. The van der Waals surface area contributed by atoms with Gasteiger partial charge in [0.1, 0.15) is 5.65 Å². The number of pyridine rings is 1. The highest BCUT2D eigenvalue weighted by atomic mass is 32.2. The summed E-state index contributed by atoms with van der Waals surface area (Å²) in [5, 5.41) is 0.699. The number of aromatic nitrogens is 2. The zero-order valence-electron chi connectivity index (χ0n) is 10.8. The standard InChI is InChI=1S/C14H16N2O2S/c1-18-14(17)10-4-5-16-9-11(15-13(16)7-10)8-12-3-2-6-19-12/h4-5,7,9,12H,2-3,6,8H2,1H3. The second-order valence-electron chi connectivity index (χ2n) is 4.74. The molecule has 0 aromatic carbocycles. The van der Waals surface area contributed by atoms with Gasteiger partial charge in [-0.1, -0.05) is 0 Å². The van der Waals surface area contributed by atoms with Crippen molar-refractivity contribution >= 4 is 23.4 Å². The van der Waals surface area contributed by atoms with E-state index in [2.05, 4.69) is 11.2 Å². The van der Waals surface area contributed by atoms with Gasteiger partial charge in [0.25, 0.3) is 0 Å². The third-order valence-electron chi connectivity index (χ3n) is 3.39. The molecule has 0 aliphatic carbocycles. The van der Waals surface area contributed by atoms with E-state index in [0.717, 1.165) is 17.8 Å². The predicted molar refractivity (Wildman–Crippen MR) is 75.7 cm³/mol. The van der Waals surface area contributed by atoms with Crippen molar-refractivity contribution in [1.29, 1.82) is 0 Å². The monoisotopic (exact) mass is 276 g/mol. The summed E-state index contributed by atoms with van der Waals surface area (Å²) >= 11 is 2.04. The van der Waals surface area contributed by atoms with Gasteiger partial charge in [-0.2, -0.15) is 11.8 Å².